The van der Waals surface area contributed by atoms with E-state index in [4.69, 9.17) is 14.6 Å². The van der Waals surface area contributed by atoms with Crippen LogP contribution >= 0.6 is 0 Å². The first-order chi connectivity index (χ1) is 6.03. The highest BCUT2D eigenvalue weighted by Crippen LogP contribution is 2.23. The van der Waals surface area contributed by atoms with Gasteiger partial charge in [-0.3, -0.25) is 0 Å². The van der Waals surface area contributed by atoms with Crippen molar-refractivity contribution in [3.8, 4) is 0 Å². The van der Waals surface area contributed by atoms with Gasteiger partial charge in [-0.1, -0.05) is 11.6 Å². The Bertz CT molecular complexity index is 196. The second kappa shape index (κ2) is 4.22. The fourth-order valence-electron chi connectivity index (χ4n) is 1.37. The van der Waals surface area contributed by atoms with Crippen LogP contribution in [0.5, 0.6) is 0 Å². The third-order valence-corrected chi connectivity index (χ3v) is 2.01. The largest absolute Gasteiger partial charge is 0.396 e. The molecule has 0 aromatic rings. The molecule has 1 N–H and O–H groups in total. The van der Waals surface area contributed by atoms with E-state index in [1.165, 1.54) is 0 Å². The fraction of sp³-hybridized carbons (Fsp3) is 0.800. The molecule has 3 nitrogen and oxygen atoms in total. The molecule has 1 saturated heterocycles. The molecular weight excluding hydrogens is 168 g/mol. The maximum absolute atomic E-state index is 8.70. The Hall–Kier alpha value is -0.380. The van der Waals surface area contributed by atoms with Crippen molar-refractivity contribution in [2.24, 2.45) is 0 Å². The molecule has 0 spiro atoms. The Morgan fingerprint density at radius 1 is 1.62 bits per heavy atom. The van der Waals surface area contributed by atoms with Crippen molar-refractivity contribution in [2.45, 2.75) is 39.1 Å². The minimum absolute atomic E-state index is 0.0431. The van der Waals surface area contributed by atoms with Gasteiger partial charge < -0.3 is 14.6 Å². The topological polar surface area (TPSA) is 38.7 Å². The lowest BCUT2D eigenvalue weighted by Crippen LogP contribution is -2.20. The van der Waals surface area contributed by atoms with Gasteiger partial charge in [0.2, 0.25) is 0 Å². The normalized spacial score (nSPS) is 28.0. The zero-order valence-corrected chi connectivity index (χ0v) is 8.54. The van der Waals surface area contributed by atoms with E-state index in [1.54, 1.807) is 0 Å². The van der Waals surface area contributed by atoms with Crippen molar-refractivity contribution in [3.63, 3.8) is 0 Å². The van der Waals surface area contributed by atoms with Crippen molar-refractivity contribution in [1.29, 1.82) is 0 Å². The third kappa shape index (κ3) is 3.46. The van der Waals surface area contributed by atoms with E-state index in [2.05, 4.69) is 0 Å². The minimum atomic E-state index is -0.458. The summed E-state index contributed by atoms with van der Waals surface area (Å²) in [5, 5.41) is 8.70. The van der Waals surface area contributed by atoms with Gasteiger partial charge in [0.15, 0.2) is 5.79 Å². The van der Waals surface area contributed by atoms with E-state index in [9.17, 15) is 0 Å². The average Bonchev–Trinajstić information content (AvgIpc) is 2.30. The van der Waals surface area contributed by atoms with E-state index in [0.717, 1.165) is 5.57 Å². The molecule has 1 aliphatic heterocycles. The monoisotopic (exact) mass is 186 g/mol. The number of ether oxygens (including phenoxy) is 2. The van der Waals surface area contributed by atoms with Crippen LogP contribution in [-0.2, 0) is 9.47 Å². The Balaban J connectivity index is 2.43. The summed E-state index contributed by atoms with van der Waals surface area (Å²) >= 11 is 0. The summed E-state index contributed by atoms with van der Waals surface area (Å²) < 4.78 is 11.0. The van der Waals surface area contributed by atoms with Crippen LogP contribution in [0.2, 0.25) is 0 Å². The average molecular weight is 186 g/mol. The number of aliphatic hydroxyl groups excluding tert-OH is 1. The van der Waals surface area contributed by atoms with Crippen LogP contribution in [0.15, 0.2) is 11.6 Å². The van der Waals surface area contributed by atoms with E-state index in [1.807, 2.05) is 26.8 Å². The van der Waals surface area contributed by atoms with Crippen LogP contribution in [0.4, 0.5) is 0 Å². The van der Waals surface area contributed by atoms with Gasteiger partial charge in [-0.15, -0.1) is 0 Å². The molecule has 0 aliphatic carbocycles. The molecule has 1 atom stereocenters. The highest BCUT2D eigenvalue weighted by atomic mass is 16.7. The molecule has 0 radical (unpaired) electrons. The maximum atomic E-state index is 8.70. The van der Waals surface area contributed by atoms with Crippen LogP contribution in [0.25, 0.3) is 0 Å². The molecule has 1 rings (SSSR count). The van der Waals surface area contributed by atoms with Crippen LogP contribution in [0.3, 0.4) is 0 Å². The molecular formula is C10H18O3. The predicted octanol–water partition coefficient (Wildman–Crippen LogP) is 1.47. The molecule has 1 fully saturated rings. The van der Waals surface area contributed by atoms with E-state index >= 15 is 0 Å². The summed E-state index contributed by atoms with van der Waals surface area (Å²) in [6.07, 6.45) is 2.77. The van der Waals surface area contributed by atoms with Gasteiger partial charge in [0.1, 0.15) is 6.10 Å². The van der Waals surface area contributed by atoms with E-state index < -0.39 is 5.79 Å². The van der Waals surface area contributed by atoms with Crippen molar-refractivity contribution >= 4 is 0 Å². The Morgan fingerprint density at radius 2 is 2.31 bits per heavy atom. The summed E-state index contributed by atoms with van der Waals surface area (Å²) in [4.78, 5) is 0. The zero-order chi connectivity index (χ0) is 9.90. The smallest absolute Gasteiger partial charge is 0.163 e. The zero-order valence-electron chi connectivity index (χ0n) is 8.54. The quantitative estimate of drug-likeness (QED) is 0.678. The Labute approximate surface area is 79.3 Å². The molecule has 0 aromatic heterocycles. The third-order valence-electron chi connectivity index (χ3n) is 2.01. The highest BCUT2D eigenvalue weighted by Gasteiger charge is 2.31. The first-order valence-corrected chi connectivity index (χ1v) is 4.63. The molecule has 0 saturated carbocycles. The Morgan fingerprint density at radius 3 is 2.77 bits per heavy atom. The number of hydrogen-bond acceptors (Lipinski definition) is 3. The van der Waals surface area contributed by atoms with Gasteiger partial charge in [0.05, 0.1) is 6.61 Å². The van der Waals surface area contributed by atoms with Crippen LogP contribution in [-0.4, -0.2) is 30.2 Å². The first kappa shape index (κ1) is 10.7. The molecule has 0 aromatic carbocycles. The SMILES string of the molecule is C/C(=C/C1COC(C)(C)O1)CCO. The highest BCUT2D eigenvalue weighted by molar-refractivity contribution is 5.03. The van der Waals surface area contributed by atoms with Gasteiger partial charge in [0.25, 0.3) is 0 Å². The van der Waals surface area contributed by atoms with Gasteiger partial charge in [-0.2, -0.15) is 0 Å². The molecule has 1 heterocycles. The second-order valence-electron chi connectivity index (χ2n) is 3.85. The molecule has 0 bridgehead atoms. The van der Waals surface area contributed by atoms with Gasteiger partial charge in [-0.05, 0) is 27.2 Å². The van der Waals surface area contributed by atoms with Gasteiger partial charge in [0, 0.05) is 6.61 Å². The van der Waals surface area contributed by atoms with Gasteiger partial charge in [-0.25, -0.2) is 0 Å². The number of hydrogen-bond donors (Lipinski definition) is 1. The van der Waals surface area contributed by atoms with E-state index in [-0.39, 0.29) is 12.7 Å². The van der Waals surface area contributed by atoms with Crippen molar-refractivity contribution in [1.82, 2.24) is 0 Å². The van der Waals surface area contributed by atoms with Crippen LogP contribution in [0.1, 0.15) is 27.2 Å². The molecule has 76 valence electrons. The van der Waals surface area contributed by atoms with Crippen molar-refractivity contribution < 1.29 is 14.6 Å². The molecule has 1 unspecified atom stereocenters. The van der Waals surface area contributed by atoms with E-state index in [0.29, 0.717) is 13.0 Å². The second-order valence-corrected chi connectivity index (χ2v) is 3.85. The predicted molar refractivity (Wildman–Crippen MR) is 50.4 cm³/mol. The Kier molecular flexibility index (Phi) is 3.47. The van der Waals surface area contributed by atoms with Crippen LogP contribution in [0, 0.1) is 0 Å². The summed E-state index contributed by atoms with van der Waals surface area (Å²) in [5.74, 6) is -0.458. The lowest BCUT2D eigenvalue weighted by molar-refractivity contribution is -0.133. The summed E-state index contributed by atoms with van der Waals surface area (Å²) in [5.41, 5.74) is 1.15. The maximum Gasteiger partial charge on any atom is 0.163 e. The molecule has 1 aliphatic rings. The summed E-state index contributed by atoms with van der Waals surface area (Å²) in [7, 11) is 0. The first-order valence-electron chi connectivity index (χ1n) is 4.63. The molecule has 3 heteroatoms. The van der Waals surface area contributed by atoms with Crippen LogP contribution < -0.4 is 0 Å². The standard InChI is InChI=1S/C10H18O3/c1-8(4-5-11)6-9-7-12-10(2,3)13-9/h6,9,11H,4-5,7H2,1-3H3/b8-6-. The fourth-order valence-corrected chi connectivity index (χ4v) is 1.37. The lowest BCUT2D eigenvalue weighted by atomic mass is 10.2. The molecule has 0 amide bonds. The number of rotatable bonds is 3. The number of aliphatic hydroxyl groups is 1. The van der Waals surface area contributed by atoms with Crippen molar-refractivity contribution in [2.75, 3.05) is 13.2 Å². The lowest BCUT2D eigenvalue weighted by Gasteiger charge is -2.15. The summed E-state index contributed by atoms with van der Waals surface area (Å²) in [6.45, 7) is 6.60. The van der Waals surface area contributed by atoms with Gasteiger partial charge >= 0.3 is 0 Å². The molecule has 13 heavy (non-hydrogen) atoms. The summed E-state index contributed by atoms with van der Waals surface area (Å²) in [6, 6.07) is 0. The minimum Gasteiger partial charge on any atom is -0.396 e. The van der Waals surface area contributed by atoms with Crippen molar-refractivity contribution in [3.05, 3.63) is 11.6 Å².